The number of hydrogen-bond donors (Lipinski definition) is 2. The van der Waals surface area contributed by atoms with Gasteiger partial charge in [0.1, 0.15) is 0 Å². The first kappa shape index (κ1) is 18.3. The minimum absolute atomic E-state index is 0.0901. The number of nitrogens with one attached hydrogen (secondary N) is 2. The van der Waals surface area contributed by atoms with Gasteiger partial charge in [-0.2, -0.15) is 13.2 Å². The molecular weight excluding hydrogens is 321 g/mol. The van der Waals surface area contributed by atoms with E-state index in [1.165, 1.54) is 0 Å². The molecule has 24 heavy (non-hydrogen) atoms. The molecule has 132 valence electrons. The second-order valence-electron chi connectivity index (χ2n) is 6.11. The first-order chi connectivity index (χ1) is 11.3. The number of carbonyl (C=O) groups is 2. The van der Waals surface area contributed by atoms with Gasteiger partial charge < -0.3 is 10.6 Å². The molecule has 0 radical (unpaired) electrons. The van der Waals surface area contributed by atoms with E-state index in [1.54, 1.807) is 12.1 Å². The molecule has 0 spiro atoms. The molecule has 2 N–H and O–H groups in total. The molecule has 2 rings (SSSR count). The van der Waals surface area contributed by atoms with E-state index in [9.17, 15) is 22.8 Å². The summed E-state index contributed by atoms with van der Waals surface area (Å²) in [6.07, 6.45) is -3.05. The van der Waals surface area contributed by atoms with Gasteiger partial charge >= 0.3 is 6.18 Å². The van der Waals surface area contributed by atoms with Crippen LogP contribution in [0.5, 0.6) is 0 Å². The molecule has 0 saturated heterocycles. The van der Waals surface area contributed by atoms with Crippen LogP contribution in [0.1, 0.15) is 31.2 Å². The van der Waals surface area contributed by atoms with Crippen molar-refractivity contribution in [1.29, 1.82) is 0 Å². The minimum atomic E-state index is -4.21. The van der Waals surface area contributed by atoms with Crippen LogP contribution in [0.3, 0.4) is 0 Å². The first-order valence-corrected chi connectivity index (χ1v) is 8.01. The predicted molar refractivity (Wildman–Crippen MR) is 83.1 cm³/mol. The van der Waals surface area contributed by atoms with Crippen LogP contribution in [0.4, 0.5) is 13.2 Å². The molecule has 2 atom stereocenters. The molecule has 1 aliphatic carbocycles. The van der Waals surface area contributed by atoms with E-state index in [0.29, 0.717) is 12.8 Å². The van der Waals surface area contributed by atoms with Crippen molar-refractivity contribution in [2.75, 3.05) is 6.54 Å². The summed E-state index contributed by atoms with van der Waals surface area (Å²) in [5.74, 6) is -2.11. The van der Waals surface area contributed by atoms with Crippen molar-refractivity contribution >= 4 is 11.8 Å². The Balaban J connectivity index is 1.72. The van der Waals surface area contributed by atoms with Crippen LogP contribution < -0.4 is 10.6 Å². The highest BCUT2D eigenvalue weighted by molar-refractivity contribution is 5.85. The molecule has 0 bridgehead atoms. The Kier molecular flexibility index (Phi) is 6.23. The number of amides is 2. The van der Waals surface area contributed by atoms with E-state index in [4.69, 9.17) is 0 Å². The van der Waals surface area contributed by atoms with E-state index in [-0.39, 0.29) is 31.7 Å². The second-order valence-corrected chi connectivity index (χ2v) is 6.11. The lowest BCUT2D eigenvalue weighted by atomic mass is 9.85. The molecule has 1 aromatic rings. The molecule has 0 heterocycles. The topological polar surface area (TPSA) is 58.2 Å². The normalized spacial score (nSPS) is 21.1. The zero-order valence-corrected chi connectivity index (χ0v) is 13.2. The summed E-state index contributed by atoms with van der Waals surface area (Å²) in [4.78, 5) is 23.6. The van der Waals surface area contributed by atoms with Gasteiger partial charge in [0.15, 0.2) is 0 Å². The Morgan fingerprint density at radius 2 is 1.79 bits per heavy atom. The number of alkyl halides is 3. The maximum absolute atomic E-state index is 12.7. The van der Waals surface area contributed by atoms with Gasteiger partial charge in [0.2, 0.25) is 11.8 Å². The third-order valence-corrected chi connectivity index (χ3v) is 4.16. The monoisotopic (exact) mass is 342 g/mol. The van der Waals surface area contributed by atoms with Crippen LogP contribution in [0, 0.1) is 5.92 Å². The van der Waals surface area contributed by atoms with Crippen molar-refractivity contribution in [1.82, 2.24) is 10.6 Å². The zero-order valence-electron chi connectivity index (χ0n) is 13.2. The number of carbonyl (C=O) groups excluding carboxylic acids is 2. The fraction of sp³-hybridized carbons (Fsp3) is 0.529. The Morgan fingerprint density at radius 1 is 1.08 bits per heavy atom. The molecule has 1 aromatic carbocycles. The lowest BCUT2D eigenvalue weighted by Gasteiger charge is -2.31. The molecule has 2 unspecified atom stereocenters. The lowest BCUT2D eigenvalue weighted by molar-refractivity contribution is -0.184. The van der Waals surface area contributed by atoms with Gasteiger partial charge in [0, 0.05) is 6.04 Å². The van der Waals surface area contributed by atoms with Crippen molar-refractivity contribution in [3.05, 3.63) is 35.9 Å². The smallest absolute Gasteiger partial charge is 0.352 e. The third kappa shape index (κ3) is 5.86. The molecule has 2 amide bonds. The van der Waals surface area contributed by atoms with Crippen molar-refractivity contribution in [3.63, 3.8) is 0 Å². The molecule has 7 heteroatoms. The van der Waals surface area contributed by atoms with E-state index in [2.05, 4.69) is 10.6 Å². The Hall–Kier alpha value is -2.05. The average Bonchev–Trinajstić information content (AvgIpc) is 2.53. The molecule has 0 aliphatic heterocycles. The maximum Gasteiger partial charge on any atom is 0.391 e. The molecule has 1 saturated carbocycles. The summed E-state index contributed by atoms with van der Waals surface area (Å²) in [5.41, 5.74) is 0.829. The van der Waals surface area contributed by atoms with Crippen molar-refractivity contribution in [3.8, 4) is 0 Å². The number of rotatable bonds is 5. The van der Waals surface area contributed by atoms with E-state index in [1.807, 2.05) is 18.2 Å². The molecule has 1 aliphatic rings. The second kappa shape index (κ2) is 8.17. The van der Waals surface area contributed by atoms with Crippen LogP contribution >= 0.6 is 0 Å². The molecule has 1 fully saturated rings. The number of halogens is 3. The van der Waals surface area contributed by atoms with E-state index in [0.717, 1.165) is 5.56 Å². The average molecular weight is 342 g/mol. The summed E-state index contributed by atoms with van der Waals surface area (Å²) in [6, 6.07) is 8.60. The quantitative estimate of drug-likeness (QED) is 0.864. The summed E-state index contributed by atoms with van der Waals surface area (Å²) in [6.45, 7) is -0.223. The maximum atomic E-state index is 12.7. The van der Waals surface area contributed by atoms with Crippen LogP contribution in [0.15, 0.2) is 30.3 Å². The van der Waals surface area contributed by atoms with Gasteiger partial charge in [-0.25, -0.2) is 0 Å². The Bertz CT molecular complexity index is 561. The Labute approximate surface area is 138 Å². The van der Waals surface area contributed by atoms with Gasteiger partial charge in [0.05, 0.1) is 18.9 Å². The fourth-order valence-electron chi connectivity index (χ4n) is 2.92. The summed E-state index contributed by atoms with van der Waals surface area (Å²) < 4.78 is 38.2. The van der Waals surface area contributed by atoms with Gasteiger partial charge in [-0.3, -0.25) is 9.59 Å². The van der Waals surface area contributed by atoms with Crippen molar-refractivity contribution < 1.29 is 22.8 Å². The summed E-state index contributed by atoms with van der Waals surface area (Å²) in [5, 5.41) is 5.08. The lowest BCUT2D eigenvalue weighted by Crippen LogP contribution is -2.45. The van der Waals surface area contributed by atoms with Crippen LogP contribution in [-0.2, 0) is 16.0 Å². The largest absolute Gasteiger partial charge is 0.391 e. The van der Waals surface area contributed by atoms with Crippen LogP contribution in [-0.4, -0.2) is 30.6 Å². The highest BCUT2D eigenvalue weighted by Crippen LogP contribution is 2.37. The fourth-order valence-corrected chi connectivity index (χ4v) is 2.92. The highest BCUT2D eigenvalue weighted by Gasteiger charge is 2.42. The van der Waals surface area contributed by atoms with Crippen LogP contribution in [0.25, 0.3) is 0 Å². The third-order valence-electron chi connectivity index (χ3n) is 4.16. The standard InChI is InChI=1S/C17H21F3N2O2/c18-17(19,20)13-7-4-8-14(10-13)22-16(24)11-21-15(23)9-12-5-2-1-3-6-12/h1-3,5-6,13-14H,4,7-11H2,(H,21,23)(H,22,24). The molecule has 0 aromatic heterocycles. The van der Waals surface area contributed by atoms with Crippen LogP contribution in [0.2, 0.25) is 0 Å². The first-order valence-electron chi connectivity index (χ1n) is 8.01. The van der Waals surface area contributed by atoms with Crippen molar-refractivity contribution in [2.45, 2.75) is 44.3 Å². The van der Waals surface area contributed by atoms with Gasteiger partial charge in [0.25, 0.3) is 0 Å². The highest BCUT2D eigenvalue weighted by atomic mass is 19.4. The van der Waals surface area contributed by atoms with Crippen molar-refractivity contribution in [2.24, 2.45) is 5.92 Å². The number of benzene rings is 1. The van der Waals surface area contributed by atoms with Gasteiger partial charge in [-0.05, 0) is 24.8 Å². The van der Waals surface area contributed by atoms with Gasteiger partial charge in [-0.1, -0.05) is 36.8 Å². The Morgan fingerprint density at radius 3 is 2.46 bits per heavy atom. The van der Waals surface area contributed by atoms with Gasteiger partial charge in [-0.15, -0.1) is 0 Å². The molecular formula is C17H21F3N2O2. The van der Waals surface area contributed by atoms with E-state index >= 15 is 0 Å². The summed E-state index contributed by atoms with van der Waals surface area (Å²) in [7, 11) is 0. The predicted octanol–water partition coefficient (Wildman–Crippen LogP) is 2.58. The minimum Gasteiger partial charge on any atom is -0.352 e. The summed E-state index contributed by atoms with van der Waals surface area (Å²) >= 11 is 0. The van der Waals surface area contributed by atoms with E-state index < -0.39 is 24.0 Å². The molecule has 4 nitrogen and oxygen atoms in total. The zero-order chi connectivity index (χ0) is 17.6. The number of hydrogen-bond acceptors (Lipinski definition) is 2. The SMILES string of the molecule is O=C(Cc1ccccc1)NCC(=O)NC1CCCC(C(F)(F)F)C1.